The maximum Gasteiger partial charge on any atom is 0.121 e. The molecule has 1 heterocycles. The van der Waals surface area contributed by atoms with Crippen LogP contribution in [0.15, 0.2) is 42.5 Å². The first-order chi connectivity index (χ1) is 16.7. The van der Waals surface area contributed by atoms with Gasteiger partial charge in [-0.1, -0.05) is 31.0 Å². The molecule has 0 bridgehead atoms. The van der Waals surface area contributed by atoms with Crippen LogP contribution in [0, 0.1) is 0 Å². The number of nitrogens with zero attached hydrogens (tertiary/aromatic N) is 1. The number of hydrogen-bond donors (Lipinski definition) is 3. The highest BCUT2D eigenvalue weighted by molar-refractivity contribution is 5.48. The van der Waals surface area contributed by atoms with Gasteiger partial charge in [-0.3, -0.25) is 0 Å². The molecule has 0 amide bonds. The van der Waals surface area contributed by atoms with Gasteiger partial charge in [0.25, 0.3) is 0 Å². The molecular weight excluding hydrogens is 428 g/mol. The second kappa shape index (κ2) is 15.0. The quantitative estimate of drug-likeness (QED) is 0.312. The van der Waals surface area contributed by atoms with Crippen molar-refractivity contribution in [2.45, 2.75) is 57.7 Å². The molecule has 34 heavy (non-hydrogen) atoms. The molecule has 1 aliphatic rings. The normalized spacial score (nSPS) is 14.6. The zero-order valence-corrected chi connectivity index (χ0v) is 20.7. The first-order valence-corrected chi connectivity index (χ1v) is 12.8. The lowest BCUT2D eigenvalue weighted by molar-refractivity contribution is 0.133. The number of methoxy groups -OCH3 is 1. The van der Waals surface area contributed by atoms with E-state index >= 15 is 0 Å². The minimum atomic E-state index is -0.596. The van der Waals surface area contributed by atoms with Gasteiger partial charge in [0.05, 0.1) is 19.3 Å². The van der Waals surface area contributed by atoms with E-state index in [4.69, 9.17) is 9.47 Å². The maximum absolute atomic E-state index is 10.4. The number of aromatic hydroxyl groups is 1. The van der Waals surface area contributed by atoms with E-state index < -0.39 is 6.10 Å². The predicted octanol–water partition coefficient (Wildman–Crippen LogP) is 4.58. The Morgan fingerprint density at radius 1 is 0.971 bits per heavy atom. The van der Waals surface area contributed by atoms with E-state index in [0.29, 0.717) is 18.7 Å². The number of hydrogen-bond acceptors (Lipinski definition) is 6. The Bertz CT molecular complexity index is 822. The summed E-state index contributed by atoms with van der Waals surface area (Å²) in [4.78, 5) is 2.46. The van der Waals surface area contributed by atoms with Crippen LogP contribution in [0.2, 0.25) is 0 Å². The smallest absolute Gasteiger partial charge is 0.121 e. The summed E-state index contributed by atoms with van der Waals surface area (Å²) in [7, 11) is 1.59. The van der Waals surface area contributed by atoms with Crippen molar-refractivity contribution in [3.05, 3.63) is 59.2 Å². The molecule has 0 spiro atoms. The zero-order valence-electron chi connectivity index (χ0n) is 20.7. The molecule has 1 fully saturated rings. The third-order valence-electron chi connectivity index (χ3n) is 6.46. The van der Waals surface area contributed by atoms with Gasteiger partial charge in [0, 0.05) is 44.6 Å². The fourth-order valence-electron chi connectivity index (χ4n) is 4.39. The van der Waals surface area contributed by atoms with Gasteiger partial charge in [-0.15, -0.1) is 0 Å². The van der Waals surface area contributed by atoms with Crippen LogP contribution in [0.25, 0.3) is 0 Å². The standard InChI is InChI=1S/C28H42N2O4/c1-33-22-25-20-24(10-13-27(25)31)28(32)21-29-15-4-2-3-7-18-34-19-14-23-8-11-26(12-9-23)30-16-5-6-17-30/h8-13,20,28-29,31-32H,2-7,14-19,21-22H2,1H3. The molecule has 0 saturated carbocycles. The van der Waals surface area contributed by atoms with Crippen LogP contribution < -0.4 is 10.2 Å². The third kappa shape index (κ3) is 8.91. The van der Waals surface area contributed by atoms with E-state index in [1.54, 1.807) is 25.3 Å². The van der Waals surface area contributed by atoms with Crippen molar-refractivity contribution < 1.29 is 19.7 Å². The Labute approximate surface area is 204 Å². The highest BCUT2D eigenvalue weighted by Crippen LogP contribution is 2.23. The third-order valence-corrected chi connectivity index (χ3v) is 6.46. The van der Waals surface area contributed by atoms with E-state index in [9.17, 15) is 10.2 Å². The summed E-state index contributed by atoms with van der Waals surface area (Å²) in [5.41, 5.74) is 4.18. The molecule has 1 aliphatic heterocycles. The van der Waals surface area contributed by atoms with Crippen molar-refractivity contribution in [1.29, 1.82) is 0 Å². The summed E-state index contributed by atoms with van der Waals surface area (Å²) in [6.45, 7) is 5.70. The van der Waals surface area contributed by atoms with Crippen molar-refractivity contribution in [2.24, 2.45) is 0 Å². The Kier molecular flexibility index (Phi) is 11.7. The van der Waals surface area contributed by atoms with E-state index in [1.165, 1.54) is 37.2 Å². The minimum absolute atomic E-state index is 0.196. The van der Waals surface area contributed by atoms with Gasteiger partial charge in [0.2, 0.25) is 0 Å². The summed E-state index contributed by atoms with van der Waals surface area (Å²) >= 11 is 0. The highest BCUT2D eigenvalue weighted by atomic mass is 16.5. The van der Waals surface area contributed by atoms with Crippen molar-refractivity contribution in [2.75, 3.05) is 51.4 Å². The van der Waals surface area contributed by atoms with Crippen LogP contribution in [0.3, 0.4) is 0 Å². The zero-order chi connectivity index (χ0) is 24.0. The number of ether oxygens (including phenoxy) is 2. The summed E-state index contributed by atoms with van der Waals surface area (Å²) < 4.78 is 10.9. The highest BCUT2D eigenvalue weighted by Gasteiger charge is 2.12. The molecular formula is C28H42N2O4. The number of phenols is 1. The average Bonchev–Trinajstić information content (AvgIpc) is 3.39. The molecule has 6 nitrogen and oxygen atoms in total. The number of rotatable bonds is 16. The van der Waals surface area contributed by atoms with E-state index in [-0.39, 0.29) is 5.75 Å². The molecule has 188 valence electrons. The summed E-state index contributed by atoms with van der Waals surface area (Å²) in [5.74, 6) is 0.196. The number of benzene rings is 2. The molecule has 1 saturated heterocycles. The number of phenolic OH excluding ortho intramolecular Hbond substituents is 1. The molecule has 1 atom stereocenters. The average molecular weight is 471 g/mol. The van der Waals surface area contributed by atoms with Crippen LogP contribution in [0.4, 0.5) is 5.69 Å². The van der Waals surface area contributed by atoms with Crippen molar-refractivity contribution in [1.82, 2.24) is 5.32 Å². The largest absolute Gasteiger partial charge is 0.508 e. The number of nitrogens with one attached hydrogen (secondary N) is 1. The van der Waals surface area contributed by atoms with Gasteiger partial charge in [-0.05, 0) is 74.0 Å². The Morgan fingerprint density at radius 2 is 1.74 bits per heavy atom. The Hall–Kier alpha value is -2.12. The number of unbranched alkanes of at least 4 members (excludes halogenated alkanes) is 3. The van der Waals surface area contributed by atoms with Crippen molar-refractivity contribution >= 4 is 5.69 Å². The lowest BCUT2D eigenvalue weighted by atomic mass is 10.1. The minimum Gasteiger partial charge on any atom is -0.508 e. The lowest BCUT2D eigenvalue weighted by Crippen LogP contribution is -2.22. The second-order valence-corrected chi connectivity index (χ2v) is 9.18. The molecule has 6 heteroatoms. The summed E-state index contributed by atoms with van der Waals surface area (Å²) in [5, 5.41) is 23.5. The van der Waals surface area contributed by atoms with E-state index in [2.05, 4.69) is 34.5 Å². The number of anilines is 1. The van der Waals surface area contributed by atoms with E-state index in [0.717, 1.165) is 57.4 Å². The van der Waals surface area contributed by atoms with Gasteiger partial charge in [-0.25, -0.2) is 0 Å². The maximum atomic E-state index is 10.4. The monoisotopic (exact) mass is 470 g/mol. The first-order valence-electron chi connectivity index (χ1n) is 12.8. The van der Waals surface area contributed by atoms with Crippen LogP contribution in [-0.2, 0) is 22.5 Å². The van der Waals surface area contributed by atoms with E-state index in [1.807, 2.05) is 0 Å². The fraction of sp³-hybridized carbons (Fsp3) is 0.571. The van der Waals surface area contributed by atoms with Crippen LogP contribution in [-0.4, -0.2) is 56.7 Å². The van der Waals surface area contributed by atoms with Gasteiger partial charge in [0.15, 0.2) is 0 Å². The molecule has 3 rings (SSSR count). The van der Waals surface area contributed by atoms with Gasteiger partial charge >= 0.3 is 0 Å². The van der Waals surface area contributed by atoms with Crippen LogP contribution in [0.1, 0.15) is 61.3 Å². The molecule has 2 aromatic carbocycles. The number of aliphatic hydroxyl groups is 1. The molecule has 3 N–H and O–H groups in total. The van der Waals surface area contributed by atoms with Crippen LogP contribution >= 0.6 is 0 Å². The van der Waals surface area contributed by atoms with Gasteiger partial charge in [-0.2, -0.15) is 0 Å². The summed E-state index contributed by atoms with van der Waals surface area (Å²) in [6.07, 6.45) is 7.49. The lowest BCUT2D eigenvalue weighted by Gasteiger charge is -2.17. The first kappa shape index (κ1) is 26.5. The van der Waals surface area contributed by atoms with Crippen molar-refractivity contribution in [3.8, 4) is 5.75 Å². The Morgan fingerprint density at radius 3 is 2.50 bits per heavy atom. The SMILES string of the molecule is COCc1cc(C(O)CNCCCCCCOCCc2ccc(N3CCCC3)cc2)ccc1O. The summed E-state index contributed by atoms with van der Waals surface area (Å²) in [6, 6.07) is 14.1. The molecule has 0 aliphatic carbocycles. The molecule has 2 aromatic rings. The second-order valence-electron chi connectivity index (χ2n) is 9.18. The fourth-order valence-corrected chi connectivity index (χ4v) is 4.39. The Balaban J connectivity index is 1.16. The molecule has 1 unspecified atom stereocenters. The van der Waals surface area contributed by atoms with Crippen LogP contribution in [0.5, 0.6) is 5.75 Å². The number of aliphatic hydroxyl groups excluding tert-OH is 1. The molecule has 0 radical (unpaired) electrons. The van der Waals surface area contributed by atoms with Gasteiger partial charge in [0.1, 0.15) is 5.75 Å². The predicted molar refractivity (Wildman–Crippen MR) is 138 cm³/mol. The van der Waals surface area contributed by atoms with Crippen molar-refractivity contribution in [3.63, 3.8) is 0 Å². The topological polar surface area (TPSA) is 74.2 Å². The molecule has 0 aromatic heterocycles. The van der Waals surface area contributed by atoms with Gasteiger partial charge < -0.3 is 29.9 Å².